The Morgan fingerprint density at radius 3 is 2.93 bits per heavy atom. The largest absolute Gasteiger partial charge is 0.393 e. The number of nitrogens with one attached hydrogen (secondary N) is 1. The predicted octanol–water partition coefficient (Wildman–Crippen LogP) is 1.41. The normalized spacial score (nSPS) is 15.4. The first-order valence-corrected chi connectivity index (χ1v) is 4.73. The fourth-order valence-corrected chi connectivity index (χ4v) is 1.23. The molecule has 3 nitrogen and oxygen atoms in total. The molecule has 1 N–H and O–H groups in total. The van der Waals surface area contributed by atoms with Gasteiger partial charge in [-0.25, -0.2) is 0 Å². The van der Waals surface area contributed by atoms with Gasteiger partial charge in [-0.15, -0.1) is 0 Å². The van der Waals surface area contributed by atoms with Crippen LogP contribution in [0, 0.1) is 0 Å². The van der Waals surface area contributed by atoms with E-state index in [2.05, 4.69) is 5.32 Å². The Morgan fingerprint density at radius 2 is 2.36 bits per heavy atom. The zero-order chi connectivity index (χ0) is 10.4. The number of likely N-dealkylation sites (N-methyl/N-ethyl adjacent to an activating group) is 1. The summed E-state index contributed by atoms with van der Waals surface area (Å²) in [5.74, 6) is 0.0347. The molecule has 1 rings (SSSR count). The molecule has 0 aromatic carbocycles. The Morgan fingerprint density at radius 1 is 1.57 bits per heavy atom. The topological polar surface area (TPSA) is 32.3 Å². The Labute approximate surface area is 84.8 Å². The van der Waals surface area contributed by atoms with E-state index in [1.165, 1.54) is 0 Å². The van der Waals surface area contributed by atoms with E-state index in [0.29, 0.717) is 0 Å². The Bertz CT molecular complexity index is 290. The smallest absolute Gasteiger partial charge is 0.257 e. The molecular formula is C11H16N2O. The molecule has 1 aliphatic carbocycles. The van der Waals surface area contributed by atoms with Gasteiger partial charge in [0, 0.05) is 32.1 Å². The van der Waals surface area contributed by atoms with Crippen LogP contribution in [0.4, 0.5) is 0 Å². The van der Waals surface area contributed by atoms with Crippen LogP contribution in [0.25, 0.3) is 0 Å². The summed E-state index contributed by atoms with van der Waals surface area (Å²) >= 11 is 0. The molecule has 0 radical (unpaired) electrons. The molecule has 0 atom stereocenters. The highest BCUT2D eigenvalue weighted by atomic mass is 16.2. The molecule has 0 aliphatic heterocycles. The zero-order valence-corrected chi connectivity index (χ0v) is 8.66. The lowest BCUT2D eigenvalue weighted by Gasteiger charge is -2.14. The summed E-state index contributed by atoms with van der Waals surface area (Å²) < 4.78 is 0. The van der Waals surface area contributed by atoms with Crippen LogP contribution in [-0.2, 0) is 4.79 Å². The van der Waals surface area contributed by atoms with Crippen LogP contribution < -0.4 is 5.32 Å². The zero-order valence-electron chi connectivity index (χ0n) is 8.66. The van der Waals surface area contributed by atoms with Gasteiger partial charge < -0.3 is 10.2 Å². The average molecular weight is 192 g/mol. The third-order valence-electron chi connectivity index (χ3n) is 2.03. The van der Waals surface area contributed by atoms with E-state index in [4.69, 9.17) is 0 Å². The van der Waals surface area contributed by atoms with Crippen molar-refractivity contribution in [3.05, 3.63) is 36.2 Å². The quantitative estimate of drug-likeness (QED) is 0.733. The van der Waals surface area contributed by atoms with Crippen molar-refractivity contribution >= 4 is 5.91 Å². The van der Waals surface area contributed by atoms with E-state index in [0.717, 1.165) is 18.4 Å². The maximum atomic E-state index is 11.7. The highest BCUT2D eigenvalue weighted by Crippen LogP contribution is 2.11. The van der Waals surface area contributed by atoms with Crippen molar-refractivity contribution in [3.63, 3.8) is 0 Å². The lowest BCUT2D eigenvalue weighted by atomic mass is 10.1. The lowest BCUT2D eigenvalue weighted by Crippen LogP contribution is -2.23. The second-order valence-electron chi connectivity index (χ2n) is 3.16. The summed E-state index contributed by atoms with van der Waals surface area (Å²) in [4.78, 5) is 13.3. The van der Waals surface area contributed by atoms with Crippen molar-refractivity contribution < 1.29 is 4.79 Å². The molecule has 3 heteroatoms. The first-order chi connectivity index (χ1) is 6.75. The first kappa shape index (κ1) is 10.6. The van der Waals surface area contributed by atoms with Gasteiger partial charge in [-0.05, 0) is 12.8 Å². The maximum Gasteiger partial charge on any atom is 0.257 e. The van der Waals surface area contributed by atoms with Gasteiger partial charge in [-0.3, -0.25) is 4.79 Å². The van der Waals surface area contributed by atoms with Crippen LogP contribution in [-0.4, -0.2) is 24.9 Å². The number of allylic oxidation sites excluding steroid dienone is 2. The molecule has 14 heavy (non-hydrogen) atoms. The number of carbonyl (C=O) groups excluding carboxylic acids is 1. The summed E-state index contributed by atoms with van der Waals surface area (Å²) in [5.41, 5.74) is 0.777. The maximum absolute atomic E-state index is 11.7. The van der Waals surface area contributed by atoms with Crippen molar-refractivity contribution in [1.29, 1.82) is 0 Å². The molecule has 0 saturated heterocycles. The molecule has 0 unspecified atom stereocenters. The van der Waals surface area contributed by atoms with Gasteiger partial charge in [-0.1, -0.05) is 18.2 Å². The highest BCUT2D eigenvalue weighted by molar-refractivity contribution is 5.96. The lowest BCUT2D eigenvalue weighted by molar-refractivity contribution is -0.123. The second kappa shape index (κ2) is 5.27. The van der Waals surface area contributed by atoms with Crippen molar-refractivity contribution in [2.24, 2.45) is 0 Å². The molecule has 0 aromatic rings. The fraction of sp³-hybridized carbons (Fsp3) is 0.364. The van der Waals surface area contributed by atoms with E-state index in [1.54, 1.807) is 31.4 Å². The van der Waals surface area contributed by atoms with Crippen LogP contribution in [0.15, 0.2) is 36.2 Å². The molecule has 0 aromatic heterocycles. The van der Waals surface area contributed by atoms with E-state index >= 15 is 0 Å². The fourth-order valence-electron chi connectivity index (χ4n) is 1.23. The minimum Gasteiger partial charge on any atom is -0.393 e. The molecule has 0 heterocycles. The molecule has 0 saturated carbocycles. The van der Waals surface area contributed by atoms with E-state index in [1.807, 2.05) is 18.2 Å². The molecule has 0 fully saturated rings. The van der Waals surface area contributed by atoms with Crippen molar-refractivity contribution in [3.8, 4) is 0 Å². The number of carbonyl (C=O) groups is 1. The standard InChI is InChI=1S/C11H16N2O/c1-12-8-9-13(2)11(14)10-6-4-3-5-7-10/h4,6-9,12H,3,5H2,1-2H3/b9-8-. The van der Waals surface area contributed by atoms with Crippen molar-refractivity contribution in [1.82, 2.24) is 10.2 Å². The van der Waals surface area contributed by atoms with Crippen LogP contribution in [0.1, 0.15) is 12.8 Å². The third kappa shape index (κ3) is 2.76. The Kier molecular flexibility index (Phi) is 3.98. The minimum absolute atomic E-state index is 0.0347. The van der Waals surface area contributed by atoms with Gasteiger partial charge in [0.25, 0.3) is 5.91 Å². The number of rotatable bonds is 3. The third-order valence-corrected chi connectivity index (χ3v) is 2.03. The van der Waals surface area contributed by atoms with Crippen LogP contribution in [0.3, 0.4) is 0 Å². The monoisotopic (exact) mass is 192 g/mol. The SMILES string of the molecule is CN/C=C\N(C)C(=O)C1=CCCC=C1. The molecular weight excluding hydrogens is 176 g/mol. The number of hydrogen-bond acceptors (Lipinski definition) is 2. The van der Waals surface area contributed by atoms with Gasteiger partial charge in [0.1, 0.15) is 0 Å². The molecule has 76 valence electrons. The molecule has 0 bridgehead atoms. The summed E-state index contributed by atoms with van der Waals surface area (Å²) in [6.45, 7) is 0. The average Bonchev–Trinajstić information content (AvgIpc) is 2.26. The van der Waals surface area contributed by atoms with Gasteiger partial charge >= 0.3 is 0 Å². The van der Waals surface area contributed by atoms with Gasteiger partial charge in [0.2, 0.25) is 0 Å². The van der Waals surface area contributed by atoms with Crippen molar-refractivity contribution in [2.45, 2.75) is 12.8 Å². The van der Waals surface area contributed by atoms with Gasteiger partial charge in [0.15, 0.2) is 0 Å². The van der Waals surface area contributed by atoms with E-state index in [-0.39, 0.29) is 5.91 Å². The molecule has 1 aliphatic rings. The van der Waals surface area contributed by atoms with Crippen LogP contribution >= 0.6 is 0 Å². The molecule has 0 spiro atoms. The van der Waals surface area contributed by atoms with Gasteiger partial charge in [-0.2, -0.15) is 0 Å². The van der Waals surface area contributed by atoms with E-state index in [9.17, 15) is 4.79 Å². The number of nitrogens with zero attached hydrogens (tertiary/aromatic N) is 1. The Hall–Kier alpha value is -1.51. The summed E-state index contributed by atoms with van der Waals surface area (Å²) in [7, 11) is 3.55. The number of amides is 1. The second-order valence-corrected chi connectivity index (χ2v) is 3.16. The predicted molar refractivity (Wildman–Crippen MR) is 57.4 cm³/mol. The summed E-state index contributed by atoms with van der Waals surface area (Å²) in [6.07, 6.45) is 11.3. The first-order valence-electron chi connectivity index (χ1n) is 4.73. The van der Waals surface area contributed by atoms with Crippen molar-refractivity contribution in [2.75, 3.05) is 14.1 Å². The summed E-state index contributed by atoms with van der Waals surface area (Å²) in [6, 6.07) is 0. The number of hydrogen-bond donors (Lipinski definition) is 1. The molecule has 1 amide bonds. The van der Waals surface area contributed by atoms with Crippen LogP contribution in [0.2, 0.25) is 0 Å². The van der Waals surface area contributed by atoms with E-state index < -0.39 is 0 Å². The van der Waals surface area contributed by atoms with Gasteiger partial charge in [0.05, 0.1) is 0 Å². The van der Waals surface area contributed by atoms with Crippen LogP contribution in [0.5, 0.6) is 0 Å². The highest BCUT2D eigenvalue weighted by Gasteiger charge is 2.10. The minimum atomic E-state index is 0.0347. The summed E-state index contributed by atoms with van der Waals surface area (Å²) in [5, 5.41) is 2.84. The Balaban J connectivity index is 2.60.